The van der Waals surface area contributed by atoms with Crippen molar-refractivity contribution in [1.29, 1.82) is 0 Å². The summed E-state index contributed by atoms with van der Waals surface area (Å²) in [4.78, 5) is 22.8. The van der Waals surface area contributed by atoms with Gasteiger partial charge in [0.05, 0.1) is 23.8 Å². The van der Waals surface area contributed by atoms with Gasteiger partial charge in [0.25, 0.3) is 5.91 Å². The van der Waals surface area contributed by atoms with Crippen LogP contribution < -0.4 is 5.32 Å². The van der Waals surface area contributed by atoms with E-state index in [0.717, 1.165) is 37.2 Å². The van der Waals surface area contributed by atoms with E-state index in [4.69, 9.17) is 14.4 Å². The minimum atomic E-state index is -0.142. The third-order valence-electron chi connectivity index (χ3n) is 4.25. The minimum Gasteiger partial charge on any atom is -0.467 e. The highest BCUT2D eigenvalue weighted by Gasteiger charge is 2.13. The van der Waals surface area contributed by atoms with Crippen molar-refractivity contribution in [3.8, 4) is 0 Å². The van der Waals surface area contributed by atoms with Crippen molar-refractivity contribution in [3.05, 3.63) is 72.2 Å². The molecule has 5 nitrogen and oxygen atoms in total. The van der Waals surface area contributed by atoms with Gasteiger partial charge in [-0.15, -0.1) is 11.3 Å². The monoisotopic (exact) mass is 359 g/mol. The lowest BCUT2D eigenvalue weighted by Gasteiger charge is -2.03. The van der Waals surface area contributed by atoms with Crippen molar-refractivity contribution in [2.75, 3.05) is 0 Å². The van der Waals surface area contributed by atoms with Crippen LogP contribution in [0.3, 0.4) is 0 Å². The molecule has 0 spiro atoms. The molecule has 1 N–H and O–H groups in total. The summed E-state index contributed by atoms with van der Waals surface area (Å²) in [6.45, 7) is 0.360. The zero-order chi connectivity index (χ0) is 17.5. The van der Waals surface area contributed by atoms with Crippen LogP contribution in [-0.2, 0) is 6.54 Å². The van der Waals surface area contributed by atoms with Crippen molar-refractivity contribution in [2.45, 2.75) is 6.54 Å². The van der Waals surface area contributed by atoms with Crippen LogP contribution in [0.5, 0.6) is 0 Å². The highest BCUT2D eigenvalue weighted by molar-refractivity contribution is 7.25. The van der Waals surface area contributed by atoms with Gasteiger partial charge in [-0.25, -0.2) is 9.97 Å². The molecule has 0 unspecified atom stereocenters. The standard InChI is InChI=1S/C20H13N3O2S/c24-19(21-11-13-4-3-9-25-13)12-7-8-17-14(10-12)18-20(26-17)23-16-6-2-1-5-15(16)22-18/h1-10H,11H2,(H,21,24). The number of aromatic nitrogens is 2. The fourth-order valence-electron chi connectivity index (χ4n) is 2.96. The molecule has 0 aliphatic rings. The summed E-state index contributed by atoms with van der Waals surface area (Å²) in [5, 5.41) is 3.82. The molecule has 0 fully saturated rings. The zero-order valence-corrected chi connectivity index (χ0v) is 14.4. The van der Waals surface area contributed by atoms with Crippen molar-refractivity contribution >= 4 is 48.7 Å². The first-order valence-electron chi connectivity index (χ1n) is 8.17. The highest BCUT2D eigenvalue weighted by Crippen LogP contribution is 2.33. The molecule has 1 amide bonds. The molecule has 6 heteroatoms. The van der Waals surface area contributed by atoms with E-state index in [1.807, 2.05) is 48.5 Å². The molecule has 3 heterocycles. The van der Waals surface area contributed by atoms with Gasteiger partial charge in [-0.3, -0.25) is 4.79 Å². The van der Waals surface area contributed by atoms with E-state index in [0.29, 0.717) is 12.1 Å². The summed E-state index contributed by atoms with van der Waals surface area (Å²) in [5.74, 6) is 0.578. The first-order valence-corrected chi connectivity index (χ1v) is 8.99. The molecule has 0 atom stereocenters. The predicted molar refractivity (Wildman–Crippen MR) is 102 cm³/mol. The topological polar surface area (TPSA) is 68.0 Å². The normalized spacial score (nSPS) is 11.4. The number of furan rings is 1. The fraction of sp³-hybridized carbons (Fsp3) is 0.0500. The minimum absolute atomic E-state index is 0.142. The number of rotatable bonds is 3. The molecule has 2 aromatic carbocycles. The first-order chi connectivity index (χ1) is 12.8. The number of para-hydroxylation sites is 2. The summed E-state index contributed by atoms with van der Waals surface area (Å²) in [6, 6.07) is 17.1. The third-order valence-corrected chi connectivity index (χ3v) is 5.30. The lowest BCUT2D eigenvalue weighted by atomic mass is 10.1. The van der Waals surface area contributed by atoms with Gasteiger partial charge in [0.2, 0.25) is 0 Å². The Morgan fingerprint density at radius 3 is 2.69 bits per heavy atom. The Labute approximate surface area is 152 Å². The van der Waals surface area contributed by atoms with E-state index in [2.05, 4.69) is 5.32 Å². The molecule has 126 valence electrons. The maximum atomic E-state index is 12.5. The second-order valence-corrected chi connectivity index (χ2v) is 6.97. The summed E-state index contributed by atoms with van der Waals surface area (Å²) in [5.41, 5.74) is 3.17. The van der Waals surface area contributed by atoms with Gasteiger partial charge in [0.1, 0.15) is 16.1 Å². The van der Waals surface area contributed by atoms with Crippen LogP contribution in [0.25, 0.3) is 31.5 Å². The van der Waals surface area contributed by atoms with E-state index in [1.165, 1.54) is 0 Å². The van der Waals surface area contributed by atoms with Crippen molar-refractivity contribution in [1.82, 2.24) is 15.3 Å². The van der Waals surface area contributed by atoms with Gasteiger partial charge in [0.15, 0.2) is 0 Å². The lowest BCUT2D eigenvalue weighted by Crippen LogP contribution is -2.22. The number of benzene rings is 2. The van der Waals surface area contributed by atoms with Crippen LogP contribution in [0.15, 0.2) is 65.3 Å². The summed E-state index contributed by atoms with van der Waals surface area (Å²) in [6.07, 6.45) is 1.59. The van der Waals surface area contributed by atoms with E-state index >= 15 is 0 Å². The van der Waals surface area contributed by atoms with Gasteiger partial charge in [0, 0.05) is 15.6 Å². The number of thiophene rings is 1. The smallest absolute Gasteiger partial charge is 0.251 e. The summed E-state index contributed by atoms with van der Waals surface area (Å²) < 4.78 is 6.31. The third kappa shape index (κ3) is 2.51. The number of hydrogen-bond donors (Lipinski definition) is 1. The summed E-state index contributed by atoms with van der Waals surface area (Å²) in [7, 11) is 0. The molecule has 0 aliphatic carbocycles. The molecule has 0 bridgehead atoms. The van der Waals surface area contributed by atoms with Gasteiger partial charge in [-0.1, -0.05) is 12.1 Å². The number of nitrogens with one attached hydrogen (secondary N) is 1. The van der Waals surface area contributed by atoms with Crippen molar-refractivity contribution in [2.24, 2.45) is 0 Å². The highest BCUT2D eigenvalue weighted by atomic mass is 32.1. The van der Waals surface area contributed by atoms with E-state index in [1.54, 1.807) is 23.7 Å². The van der Waals surface area contributed by atoms with Crippen molar-refractivity contribution < 1.29 is 9.21 Å². The van der Waals surface area contributed by atoms with Crippen LogP contribution in [-0.4, -0.2) is 15.9 Å². The predicted octanol–water partition coefficient (Wildman–Crippen LogP) is 4.52. The average molecular weight is 359 g/mol. The van der Waals surface area contributed by atoms with Crippen molar-refractivity contribution in [3.63, 3.8) is 0 Å². The molecule has 0 saturated heterocycles. The van der Waals surface area contributed by atoms with Crippen LogP contribution in [0.4, 0.5) is 0 Å². The van der Waals surface area contributed by atoms with E-state index < -0.39 is 0 Å². The number of carbonyl (C=O) groups excluding carboxylic acids is 1. The molecule has 26 heavy (non-hydrogen) atoms. The van der Waals surface area contributed by atoms with Crippen LogP contribution >= 0.6 is 11.3 Å². The molecule has 5 aromatic rings. The van der Waals surface area contributed by atoms with Crippen LogP contribution in [0.2, 0.25) is 0 Å². The Hall–Kier alpha value is -3.25. The Balaban J connectivity index is 1.56. The molecule has 0 radical (unpaired) electrons. The number of fused-ring (bicyclic) bond motifs is 4. The number of hydrogen-bond acceptors (Lipinski definition) is 5. The van der Waals surface area contributed by atoms with Crippen LogP contribution in [0, 0.1) is 0 Å². The maximum Gasteiger partial charge on any atom is 0.251 e. The molecule has 0 saturated carbocycles. The van der Waals surface area contributed by atoms with Gasteiger partial charge < -0.3 is 9.73 Å². The van der Waals surface area contributed by atoms with Gasteiger partial charge in [-0.2, -0.15) is 0 Å². The number of carbonyl (C=O) groups is 1. The largest absolute Gasteiger partial charge is 0.467 e. The van der Waals surface area contributed by atoms with E-state index in [9.17, 15) is 4.79 Å². The Morgan fingerprint density at radius 2 is 1.88 bits per heavy atom. The SMILES string of the molecule is O=C(NCc1ccco1)c1ccc2sc3nc4ccccc4nc3c2c1. The molecular weight excluding hydrogens is 346 g/mol. The first kappa shape index (κ1) is 15.0. The van der Waals surface area contributed by atoms with Gasteiger partial charge in [-0.05, 0) is 42.5 Å². The Morgan fingerprint density at radius 1 is 1.04 bits per heavy atom. The second kappa shape index (κ2) is 5.93. The Bertz CT molecular complexity index is 1260. The number of amides is 1. The maximum absolute atomic E-state index is 12.5. The quantitative estimate of drug-likeness (QED) is 0.514. The van der Waals surface area contributed by atoms with Crippen LogP contribution in [0.1, 0.15) is 16.1 Å². The molecule has 0 aliphatic heterocycles. The molecule has 5 rings (SSSR count). The second-order valence-electron chi connectivity index (χ2n) is 5.94. The number of nitrogens with zero attached hydrogens (tertiary/aromatic N) is 2. The Kier molecular flexibility index (Phi) is 3.43. The summed E-state index contributed by atoms with van der Waals surface area (Å²) >= 11 is 1.59. The zero-order valence-electron chi connectivity index (χ0n) is 13.6. The van der Waals surface area contributed by atoms with Gasteiger partial charge >= 0.3 is 0 Å². The fourth-order valence-corrected chi connectivity index (χ4v) is 3.97. The lowest BCUT2D eigenvalue weighted by molar-refractivity contribution is 0.0948. The molecular formula is C20H13N3O2S. The average Bonchev–Trinajstić information content (AvgIpc) is 3.31. The van der Waals surface area contributed by atoms with E-state index in [-0.39, 0.29) is 5.91 Å². The molecule has 3 aromatic heterocycles.